The van der Waals surface area contributed by atoms with Crippen LogP contribution in [0.25, 0.3) is 0 Å². The first-order chi connectivity index (χ1) is 20.9. The van der Waals surface area contributed by atoms with Crippen molar-refractivity contribution in [2.45, 2.75) is 72.0 Å². The van der Waals surface area contributed by atoms with Gasteiger partial charge in [-0.1, -0.05) is 13.3 Å². The highest BCUT2D eigenvalue weighted by Crippen LogP contribution is 2.30. The van der Waals surface area contributed by atoms with E-state index < -0.39 is 17.4 Å². The van der Waals surface area contributed by atoms with E-state index in [1.54, 1.807) is 17.0 Å². The van der Waals surface area contributed by atoms with E-state index in [2.05, 4.69) is 32.4 Å². The van der Waals surface area contributed by atoms with Crippen molar-refractivity contribution in [2.75, 3.05) is 42.2 Å². The van der Waals surface area contributed by atoms with Gasteiger partial charge in [0.15, 0.2) is 5.13 Å². The van der Waals surface area contributed by atoms with Crippen molar-refractivity contribution in [1.29, 1.82) is 0 Å². The Morgan fingerprint density at radius 3 is 2.48 bits per heavy atom. The van der Waals surface area contributed by atoms with Crippen LogP contribution in [0, 0.1) is 6.92 Å². The number of carbonyl (C=O) groups excluding carboxylic acids is 3. The zero-order chi connectivity index (χ0) is 31.9. The maximum Gasteiger partial charge on any atom is 0.410 e. The Bertz CT molecular complexity index is 1460. The van der Waals surface area contributed by atoms with Gasteiger partial charge in [-0.15, -0.1) is 11.3 Å². The lowest BCUT2D eigenvalue weighted by Gasteiger charge is -2.34. The van der Waals surface area contributed by atoms with Crippen molar-refractivity contribution < 1.29 is 23.9 Å². The van der Waals surface area contributed by atoms with Gasteiger partial charge in [0.2, 0.25) is 0 Å². The number of likely N-dealkylation sites (tertiary alicyclic amines) is 1. The number of aromatic nitrogens is 2. The minimum absolute atomic E-state index is 0.196. The highest BCUT2D eigenvalue weighted by atomic mass is 32.1. The van der Waals surface area contributed by atoms with E-state index >= 15 is 0 Å². The van der Waals surface area contributed by atoms with Crippen LogP contribution >= 0.6 is 11.3 Å². The summed E-state index contributed by atoms with van der Waals surface area (Å²) in [5.74, 6) is -0.397. The molecule has 3 heterocycles. The second-order valence-electron chi connectivity index (χ2n) is 11.9. The summed E-state index contributed by atoms with van der Waals surface area (Å²) < 4.78 is 12.0. The molecule has 44 heavy (non-hydrogen) atoms. The third-order valence-corrected chi connectivity index (χ3v) is 7.91. The molecule has 0 aliphatic carbocycles. The van der Waals surface area contributed by atoms with Gasteiger partial charge in [0.05, 0.1) is 28.7 Å². The molecule has 236 valence electrons. The van der Waals surface area contributed by atoms with Crippen LogP contribution < -0.4 is 20.3 Å². The standard InChI is InChI=1S/C32H42N6O5S/c1-7-8-15-37(6)22-9-10-25(27(18-22)42-23-12-16-38(17-13-23)31(41)43-32(3,4)5)29(40)35-26-19-33-14-11-24(26)28(39)36-30-34-21(2)20-44-30/h9-11,14,18-20,23H,7-8,12-13,15-17H2,1-6H3,(H,35,40)(H,34,36,39). The quantitative estimate of drug-likeness (QED) is 0.267. The van der Waals surface area contributed by atoms with Crippen molar-refractivity contribution >= 4 is 45.8 Å². The van der Waals surface area contributed by atoms with Crippen LogP contribution in [-0.2, 0) is 4.74 Å². The van der Waals surface area contributed by atoms with Crippen LogP contribution in [0.3, 0.4) is 0 Å². The lowest BCUT2D eigenvalue weighted by atomic mass is 10.1. The highest BCUT2D eigenvalue weighted by molar-refractivity contribution is 7.13. The van der Waals surface area contributed by atoms with Crippen LogP contribution in [0.1, 0.15) is 79.8 Å². The number of anilines is 3. The third-order valence-electron chi connectivity index (χ3n) is 7.04. The van der Waals surface area contributed by atoms with Crippen molar-refractivity contribution in [3.63, 3.8) is 0 Å². The molecule has 1 aliphatic heterocycles. The molecular weight excluding hydrogens is 580 g/mol. The molecule has 0 radical (unpaired) electrons. The van der Waals surface area contributed by atoms with Crippen LogP contribution in [-0.4, -0.2) is 71.2 Å². The molecular formula is C32H42N6O5S. The maximum absolute atomic E-state index is 13.7. The number of benzene rings is 1. The zero-order valence-electron chi connectivity index (χ0n) is 26.3. The van der Waals surface area contributed by atoms with E-state index in [-0.39, 0.29) is 23.4 Å². The monoisotopic (exact) mass is 622 g/mol. The smallest absolute Gasteiger partial charge is 0.410 e. The summed E-state index contributed by atoms with van der Waals surface area (Å²) in [6, 6.07) is 7.07. The van der Waals surface area contributed by atoms with Crippen LogP contribution in [0.15, 0.2) is 42.0 Å². The van der Waals surface area contributed by atoms with Crippen molar-refractivity contribution in [1.82, 2.24) is 14.9 Å². The van der Waals surface area contributed by atoms with Gasteiger partial charge in [-0.3, -0.25) is 19.9 Å². The Kier molecular flexibility index (Phi) is 10.8. The number of pyridine rings is 1. The van der Waals surface area contributed by atoms with Crippen LogP contribution in [0.4, 0.5) is 21.3 Å². The third kappa shape index (κ3) is 8.91. The topological polar surface area (TPSA) is 126 Å². The van der Waals surface area contributed by atoms with Gasteiger partial charge in [0, 0.05) is 62.9 Å². The van der Waals surface area contributed by atoms with E-state index in [0.29, 0.717) is 42.4 Å². The summed E-state index contributed by atoms with van der Waals surface area (Å²) in [6.45, 7) is 11.4. The average molecular weight is 623 g/mol. The lowest BCUT2D eigenvalue weighted by molar-refractivity contribution is 0.0126. The molecule has 12 heteroatoms. The fourth-order valence-corrected chi connectivity index (χ4v) is 5.36. The number of thiazole rings is 1. The van der Waals surface area contributed by atoms with E-state index in [1.807, 2.05) is 52.3 Å². The number of piperidine rings is 1. The lowest BCUT2D eigenvalue weighted by Crippen LogP contribution is -2.44. The Labute approximate surface area is 263 Å². The van der Waals surface area contributed by atoms with E-state index in [0.717, 1.165) is 30.8 Å². The molecule has 2 aromatic heterocycles. The predicted octanol–water partition coefficient (Wildman–Crippen LogP) is 6.37. The van der Waals surface area contributed by atoms with Gasteiger partial charge < -0.3 is 24.6 Å². The molecule has 1 saturated heterocycles. The molecule has 3 aromatic rings. The van der Waals surface area contributed by atoms with E-state index in [1.165, 1.54) is 23.7 Å². The normalized spacial score (nSPS) is 13.7. The van der Waals surface area contributed by atoms with Crippen molar-refractivity contribution in [2.24, 2.45) is 0 Å². The SMILES string of the molecule is CCCCN(C)c1ccc(C(=O)Nc2cnccc2C(=O)Nc2nc(C)cs2)c(OC2CCN(C(=O)OC(C)(C)C)CC2)c1. The molecule has 2 N–H and O–H groups in total. The first-order valence-electron chi connectivity index (χ1n) is 14.9. The Morgan fingerprint density at radius 1 is 1.09 bits per heavy atom. The van der Waals surface area contributed by atoms with Crippen molar-refractivity contribution in [3.05, 3.63) is 58.9 Å². The molecule has 0 atom stereocenters. The molecule has 0 saturated carbocycles. The van der Waals surface area contributed by atoms with Crippen LogP contribution in [0.2, 0.25) is 0 Å². The number of carbonyl (C=O) groups is 3. The molecule has 1 fully saturated rings. The number of rotatable bonds is 10. The first-order valence-corrected chi connectivity index (χ1v) is 15.8. The molecule has 3 amide bonds. The van der Waals surface area contributed by atoms with Gasteiger partial charge in [-0.05, 0) is 52.3 Å². The summed E-state index contributed by atoms with van der Waals surface area (Å²) >= 11 is 1.32. The summed E-state index contributed by atoms with van der Waals surface area (Å²) in [5, 5.41) is 7.96. The first kappa shape index (κ1) is 32.7. The summed E-state index contributed by atoms with van der Waals surface area (Å²) in [5.41, 5.74) is 2.03. The van der Waals surface area contributed by atoms with Crippen LogP contribution in [0.5, 0.6) is 5.75 Å². The molecule has 11 nitrogen and oxygen atoms in total. The number of hydrogen-bond acceptors (Lipinski definition) is 9. The van der Waals surface area contributed by atoms with E-state index in [9.17, 15) is 14.4 Å². The zero-order valence-corrected chi connectivity index (χ0v) is 27.1. The minimum Gasteiger partial charge on any atom is -0.489 e. The number of hydrogen-bond donors (Lipinski definition) is 2. The molecule has 4 rings (SSSR count). The number of ether oxygens (including phenoxy) is 2. The molecule has 0 bridgehead atoms. The Balaban J connectivity index is 1.52. The maximum atomic E-state index is 13.7. The van der Waals surface area contributed by atoms with E-state index in [4.69, 9.17) is 9.47 Å². The summed E-state index contributed by atoms with van der Waals surface area (Å²) in [7, 11) is 2.01. The van der Waals surface area contributed by atoms with Gasteiger partial charge in [-0.25, -0.2) is 9.78 Å². The number of unbranched alkanes of at least 4 members (excludes halogenated alkanes) is 1. The van der Waals surface area contributed by atoms with Gasteiger partial charge in [-0.2, -0.15) is 0 Å². The second-order valence-corrected chi connectivity index (χ2v) is 12.7. The fraction of sp³-hybridized carbons (Fsp3) is 0.469. The Hall–Kier alpha value is -4.19. The number of nitrogens with zero attached hydrogens (tertiary/aromatic N) is 4. The summed E-state index contributed by atoms with van der Waals surface area (Å²) in [4.78, 5) is 51.5. The second kappa shape index (κ2) is 14.5. The highest BCUT2D eigenvalue weighted by Gasteiger charge is 2.29. The fourth-order valence-electron chi connectivity index (χ4n) is 4.68. The molecule has 1 aromatic carbocycles. The number of amides is 3. The molecule has 1 aliphatic rings. The van der Waals surface area contributed by atoms with Gasteiger partial charge >= 0.3 is 6.09 Å². The molecule has 0 unspecified atom stereocenters. The summed E-state index contributed by atoms with van der Waals surface area (Å²) in [6.07, 6.45) is 5.70. The average Bonchev–Trinajstić information content (AvgIpc) is 3.39. The predicted molar refractivity (Wildman–Crippen MR) is 173 cm³/mol. The Morgan fingerprint density at radius 2 is 1.82 bits per heavy atom. The number of aryl methyl sites for hydroxylation is 1. The van der Waals surface area contributed by atoms with Gasteiger partial charge in [0.1, 0.15) is 17.5 Å². The minimum atomic E-state index is -0.564. The largest absolute Gasteiger partial charge is 0.489 e. The van der Waals surface area contributed by atoms with Crippen molar-refractivity contribution in [3.8, 4) is 5.75 Å². The van der Waals surface area contributed by atoms with Gasteiger partial charge in [0.25, 0.3) is 11.8 Å². The number of nitrogens with one attached hydrogen (secondary N) is 2. The molecule has 0 spiro atoms.